The molecule has 0 amide bonds. The van der Waals surface area contributed by atoms with Crippen molar-refractivity contribution in [3.8, 4) is 0 Å². The van der Waals surface area contributed by atoms with Gasteiger partial charge in [0.15, 0.2) is 18.5 Å². The van der Waals surface area contributed by atoms with E-state index in [9.17, 15) is 9.90 Å². The maximum absolute atomic E-state index is 11.1. The number of rotatable bonds is 4. The third-order valence-corrected chi connectivity index (χ3v) is 3.17. The Morgan fingerprint density at radius 1 is 1.16 bits per heavy atom. The van der Waals surface area contributed by atoms with Crippen molar-refractivity contribution in [2.45, 2.75) is 31.2 Å². The number of carbonyl (C=O) groups is 1. The van der Waals surface area contributed by atoms with Crippen LogP contribution in [0.5, 0.6) is 0 Å². The Kier molecular flexibility index (Phi) is 3.37. The summed E-state index contributed by atoms with van der Waals surface area (Å²) in [4.78, 5) is 11.1. The summed E-state index contributed by atoms with van der Waals surface area (Å²) in [6.45, 7) is 0.0907. The van der Waals surface area contributed by atoms with Gasteiger partial charge in [-0.1, -0.05) is 30.3 Å². The monoisotopic (exact) mass is 266 g/mol. The summed E-state index contributed by atoms with van der Waals surface area (Å²) in [6.07, 6.45) is -3.28. The molecule has 0 bridgehead atoms. The van der Waals surface area contributed by atoms with E-state index in [4.69, 9.17) is 18.9 Å². The predicted octanol–water partition coefficient (Wildman–Crippen LogP) is 0.824. The SMILES string of the molecule is O=C1O[C@H]2[C@H](OCc3ccccc3)OC(CO)[C@H]2O1. The molecule has 1 aromatic rings. The van der Waals surface area contributed by atoms with Crippen LogP contribution in [-0.2, 0) is 25.6 Å². The molecule has 2 saturated heterocycles. The average molecular weight is 266 g/mol. The van der Waals surface area contributed by atoms with Crippen molar-refractivity contribution in [2.24, 2.45) is 0 Å². The van der Waals surface area contributed by atoms with Gasteiger partial charge in [0.25, 0.3) is 0 Å². The number of ether oxygens (including phenoxy) is 4. The lowest BCUT2D eigenvalue weighted by molar-refractivity contribution is -0.178. The third-order valence-electron chi connectivity index (χ3n) is 3.17. The van der Waals surface area contributed by atoms with E-state index >= 15 is 0 Å². The summed E-state index contributed by atoms with van der Waals surface area (Å²) in [5, 5.41) is 9.17. The molecule has 6 heteroatoms. The van der Waals surface area contributed by atoms with Crippen LogP contribution in [0.3, 0.4) is 0 Å². The molecule has 2 fully saturated rings. The third kappa shape index (κ3) is 2.42. The zero-order valence-electron chi connectivity index (χ0n) is 10.1. The van der Waals surface area contributed by atoms with Gasteiger partial charge in [-0.15, -0.1) is 0 Å². The first-order valence-electron chi connectivity index (χ1n) is 6.07. The molecule has 19 heavy (non-hydrogen) atoms. The van der Waals surface area contributed by atoms with Gasteiger partial charge in [-0.25, -0.2) is 4.79 Å². The van der Waals surface area contributed by atoms with Gasteiger partial charge < -0.3 is 24.1 Å². The van der Waals surface area contributed by atoms with Gasteiger partial charge in [-0.05, 0) is 5.56 Å². The molecular weight excluding hydrogens is 252 g/mol. The van der Waals surface area contributed by atoms with E-state index in [-0.39, 0.29) is 6.61 Å². The molecule has 0 spiro atoms. The van der Waals surface area contributed by atoms with Crippen LogP contribution in [0.4, 0.5) is 4.79 Å². The number of carbonyl (C=O) groups excluding carboxylic acids is 1. The first kappa shape index (κ1) is 12.4. The van der Waals surface area contributed by atoms with Crippen LogP contribution < -0.4 is 0 Å². The zero-order chi connectivity index (χ0) is 13.2. The van der Waals surface area contributed by atoms with Crippen LogP contribution in [0.1, 0.15) is 5.56 Å². The molecule has 6 nitrogen and oxygen atoms in total. The fourth-order valence-corrected chi connectivity index (χ4v) is 2.24. The van der Waals surface area contributed by atoms with Crippen LogP contribution in [0.15, 0.2) is 30.3 Å². The quantitative estimate of drug-likeness (QED) is 0.813. The number of aliphatic hydroxyl groups excluding tert-OH is 1. The summed E-state index contributed by atoms with van der Waals surface area (Å²) in [5.74, 6) is 0. The van der Waals surface area contributed by atoms with Gasteiger partial charge in [-0.3, -0.25) is 0 Å². The van der Waals surface area contributed by atoms with Crippen molar-refractivity contribution in [1.82, 2.24) is 0 Å². The van der Waals surface area contributed by atoms with Crippen LogP contribution in [0.2, 0.25) is 0 Å². The summed E-state index contributed by atoms with van der Waals surface area (Å²) >= 11 is 0. The zero-order valence-corrected chi connectivity index (χ0v) is 10.1. The molecule has 1 unspecified atom stereocenters. The Bertz CT molecular complexity index is 448. The van der Waals surface area contributed by atoms with Crippen LogP contribution in [-0.4, -0.2) is 42.5 Å². The van der Waals surface area contributed by atoms with Crippen molar-refractivity contribution >= 4 is 6.16 Å². The van der Waals surface area contributed by atoms with Crippen LogP contribution in [0.25, 0.3) is 0 Å². The normalized spacial score (nSPS) is 32.8. The topological polar surface area (TPSA) is 74.2 Å². The number of hydrogen-bond acceptors (Lipinski definition) is 6. The second kappa shape index (κ2) is 5.16. The highest BCUT2D eigenvalue weighted by molar-refractivity contribution is 5.63. The van der Waals surface area contributed by atoms with Crippen LogP contribution >= 0.6 is 0 Å². The fourth-order valence-electron chi connectivity index (χ4n) is 2.24. The average Bonchev–Trinajstić information content (AvgIpc) is 2.95. The Morgan fingerprint density at radius 3 is 2.63 bits per heavy atom. The van der Waals surface area contributed by atoms with Gasteiger partial charge in [0.2, 0.25) is 0 Å². The van der Waals surface area contributed by atoms with Gasteiger partial charge in [0.1, 0.15) is 6.10 Å². The number of benzene rings is 1. The van der Waals surface area contributed by atoms with E-state index in [2.05, 4.69) is 0 Å². The molecule has 2 aliphatic rings. The number of aliphatic hydroxyl groups is 1. The highest BCUT2D eigenvalue weighted by Gasteiger charge is 2.54. The number of fused-ring (bicyclic) bond motifs is 1. The summed E-state index contributed by atoms with van der Waals surface area (Å²) in [5.41, 5.74) is 0.986. The number of hydrogen-bond donors (Lipinski definition) is 1. The maximum atomic E-state index is 11.1. The Morgan fingerprint density at radius 2 is 1.89 bits per heavy atom. The molecule has 2 aliphatic heterocycles. The molecule has 0 aliphatic carbocycles. The molecule has 3 rings (SSSR count). The van der Waals surface area contributed by atoms with Crippen LogP contribution in [0, 0.1) is 0 Å². The molecular formula is C13H14O6. The smallest absolute Gasteiger partial charge is 0.424 e. The van der Waals surface area contributed by atoms with E-state index in [1.165, 1.54) is 0 Å². The second-order valence-electron chi connectivity index (χ2n) is 4.44. The molecule has 0 saturated carbocycles. The molecule has 1 N–H and O–H groups in total. The molecule has 102 valence electrons. The Balaban J connectivity index is 1.63. The van der Waals surface area contributed by atoms with Gasteiger partial charge in [-0.2, -0.15) is 0 Å². The standard InChI is InChI=1S/C13H14O6/c14-6-9-10-11(19-13(15)18-10)12(17-9)16-7-8-4-2-1-3-5-8/h1-5,9-12,14H,6-7H2/t9?,10-,11-,12-/m1/s1. The minimum Gasteiger partial charge on any atom is -0.424 e. The maximum Gasteiger partial charge on any atom is 0.509 e. The summed E-state index contributed by atoms with van der Waals surface area (Å²) < 4.78 is 21.0. The minimum atomic E-state index is -0.745. The van der Waals surface area contributed by atoms with Gasteiger partial charge in [0, 0.05) is 0 Å². The van der Waals surface area contributed by atoms with Crippen molar-refractivity contribution in [3.63, 3.8) is 0 Å². The van der Waals surface area contributed by atoms with Crippen molar-refractivity contribution in [1.29, 1.82) is 0 Å². The summed E-state index contributed by atoms with van der Waals surface area (Å²) in [7, 11) is 0. The van der Waals surface area contributed by atoms with E-state index in [1.54, 1.807) is 0 Å². The lowest BCUT2D eigenvalue weighted by Gasteiger charge is -2.16. The lowest BCUT2D eigenvalue weighted by Crippen LogP contribution is -2.31. The van der Waals surface area contributed by atoms with E-state index < -0.39 is 30.8 Å². The van der Waals surface area contributed by atoms with Crippen molar-refractivity contribution < 1.29 is 28.8 Å². The van der Waals surface area contributed by atoms with Gasteiger partial charge >= 0.3 is 6.16 Å². The van der Waals surface area contributed by atoms with Crippen molar-refractivity contribution in [2.75, 3.05) is 6.61 Å². The first-order chi connectivity index (χ1) is 9.28. The fraction of sp³-hybridized carbons (Fsp3) is 0.462. The highest BCUT2D eigenvalue weighted by atomic mass is 16.8. The predicted molar refractivity (Wildman–Crippen MR) is 62.1 cm³/mol. The molecule has 0 aromatic heterocycles. The highest BCUT2D eigenvalue weighted by Crippen LogP contribution is 2.32. The first-order valence-corrected chi connectivity index (χ1v) is 6.07. The Hall–Kier alpha value is -1.63. The molecule has 2 heterocycles. The molecule has 1 aromatic carbocycles. The van der Waals surface area contributed by atoms with E-state index in [0.29, 0.717) is 6.61 Å². The van der Waals surface area contributed by atoms with Crippen molar-refractivity contribution in [3.05, 3.63) is 35.9 Å². The Labute approximate surface area is 109 Å². The lowest BCUT2D eigenvalue weighted by atomic mass is 10.1. The van der Waals surface area contributed by atoms with E-state index in [1.807, 2.05) is 30.3 Å². The molecule has 0 radical (unpaired) electrons. The minimum absolute atomic E-state index is 0.247. The largest absolute Gasteiger partial charge is 0.509 e. The summed E-state index contributed by atoms with van der Waals surface area (Å²) in [6, 6.07) is 9.58. The molecule has 4 atom stereocenters. The van der Waals surface area contributed by atoms with Gasteiger partial charge in [0.05, 0.1) is 13.2 Å². The van der Waals surface area contributed by atoms with E-state index in [0.717, 1.165) is 5.56 Å². The second-order valence-corrected chi connectivity index (χ2v) is 4.44.